The van der Waals surface area contributed by atoms with Crippen LogP contribution in [0.3, 0.4) is 0 Å². The summed E-state index contributed by atoms with van der Waals surface area (Å²) in [6.45, 7) is 1.71. The molecule has 1 amide bonds. The zero-order valence-electron chi connectivity index (χ0n) is 7.30. The molecule has 0 bridgehead atoms. The van der Waals surface area contributed by atoms with Gasteiger partial charge in [0.1, 0.15) is 5.82 Å². The second kappa shape index (κ2) is 3.89. The van der Waals surface area contributed by atoms with Crippen molar-refractivity contribution in [2.24, 2.45) is 0 Å². The molecule has 0 unspecified atom stereocenters. The van der Waals surface area contributed by atoms with Crippen LogP contribution in [0.5, 0.6) is 0 Å². The van der Waals surface area contributed by atoms with Crippen LogP contribution >= 0.6 is 0 Å². The lowest BCUT2D eigenvalue weighted by Crippen LogP contribution is -2.11. The Morgan fingerprint density at radius 3 is 2.92 bits per heavy atom. The molecule has 0 aliphatic carbocycles. The first kappa shape index (κ1) is 9.51. The standard InChI is InChI=1S/C9H11FN2O/c1-2-8(13)12-7-5-3-4-6(10)9(7)11/h3-5H,2,11H2,1H3,(H,12,13). The maximum atomic E-state index is 12.9. The maximum Gasteiger partial charge on any atom is 0.224 e. The van der Waals surface area contributed by atoms with E-state index in [1.54, 1.807) is 13.0 Å². The zero-order chi connectivity index (χ0) is 9.84. The van der Waals surface area contributed by atoms with Crippen molar-refractivity contribution in [1.29, 1.82) is 0 Å². The van der Waals surface area contributed by atoms with Crippen molar-refractivity contribution in [3.8, 4) is 0 Å². The van der Waals surface area contributed by atoms with E-state index in [0.29, 0.717) is 12.1 Å². The lowest BCUT2D eigenvalue weighted by molar-refractivity contribution is -0.115. The average molecular weight is 182 g/mol. The smallest absolute Gasteiger partial charge is 0.224 e. The van der Waals surface area contributed by atoms with E-state index in [0.717, 1.165) is 0 Å². The van der Waals surface area contributed by atoms with E-state index in [4.69, 9.17) is 5.73 Å². The number of anilines is 2. The predicted octanol–water partition coefficient (Wildman–Crippen LogP) is 1.76. The molecule has 0 aromatic heterocycles. The number of hydrogen-bond donors (Lipinski definition) is 2. The fourth-order valence-electron chi connectivity index (χ4n) is 0.885. The quantitative estimate of drug-likeness (QED) is 0.684. The van der Waals surface area contributed by atoms with Gasteiger partial charge in [-0.25, -0.2) is 4.39 Å². The molecule has 1 rings (SSSR count). The number of carbonyl (C=O) groups is 1. The van der Waals surface area contributed by atoms with Gasteiger partial charge in [-0.2, -0.15) is 0 Å². The summed E-state index contributed by atoms with van der Waals surface area (Å²) < 4.78 is 12.9. The third kappa shape index (κ3) is 2.18. The Hall–Kier alpha value is -1.58. The number of nitrogen functional groups attached to an aromatic ring is 1. The fourth-order valence-corrected chi connectivity index (χ4v) is 0.885. The van der Waals surface area contributed by atoms with Gasteiger partial charge in [0.05, 0.1) is 11.4 Å². The van der Waals surface area contributed by atoms with Gasteiger partial charge in [-0.1, -0.05) is 13.0 Å². The monoisotopic (exact) mass is 182 g/mol. The maximum absolute atomic E-state index is 12.9. The SMILES string of the molecule is CCC(=O)Nc1cccc(F)c1N. The van der Waals surface area contributed by atoms with Gasteiger partial charge in [-0.3, -0.25) is 4.79 Å². The molecule has 70 valence electrons. The van der Waals surface area contributed by atoms with Crippen molar-refractivity contribution >= 4 is 17.3 Å². The number of benzene rings is 1. The summed E-state index contributed by atoms with van der Waals surface area (Å²) in [6.07, 6.45) is 0.343. The first-order valence-corrected chi connectivity index (χ1v) is 3.99. The molecule has 0 heterocycles. The summed E-state index contributed by atoms with van der Waals surface area (Å²) in [5, 5.41) is 2.50. The van der Waals surface area contributed by atoms with Crippen molar-refractivity contribution in [1.82, 2.24) is 0 Å². The van der Waals surface area contributed by atoms with Gasteiger partial charge < -0.3 is 11.1 Å². The molecule has 1 aromatic rings. The summed E-state index contributed by atoms with van der Waals surface area (Å²) in [5.41, 5.74) is 5.70. The Balaban J connectivity index is 2.89. The van der Waals surface area contributed by atoms with Gasteiger partial charge in [0.15, 0.2) is 0 Å². The first-order valence-electron chi connectivity index (χ1n) is 3.99. The van der Waals surface area contributed by atoms with Gasteiger partial charge in [0, 0.05) is 6.42 Å². The van der Waals surface area contributed by atoms with E-state index in [1.807, 2.05) is 0 Å². The second-order valence-electron chi connectivity index (χ2n) is 2.60. The molecule has 0 saturated carbocycles. The minimum atomic E-state index is -0.520. The number of amides is 1. The molecular weight excluding hydrogens is 171 g/mol. The molecular formula is C9H11FN2O. The summed E-state index contributed by atoms with van der Waals surface area (Å²) >= 11 is 0. The number of nitrogens with two attached hydrogens (primary N) is 1. The van der Waals surface area contributed by atoms with Gasteiger partial charge in [-0.15, -0.1) is 0 Å². The zero-order valence-corrected chi connectivity index (χ0v) is 7.30. The molecule has 3 nitrogen and oxygen atoms in total. The lowest BCUT2D eigenvalue weighted by Gasteiger charge is -2.06. The Bertz CT molecular complexity index is 325. The van der Waals surface area contributed by atoms with E-state index in [1.165, 1.54) is 12.1 Å². The number of hydrogen-bond acceptors (Lipinski definition) is 2. The minimum absolute atomic E-state index is 0.0238. The van der Waals surface area contributed by atoms with Crippen LogP contribution in [-0.4, -0.2) is 5.91 Å². The molecule has 1 aromatic carbocycles. The van der Waals surface area contributed by atoms with E-state index in [-0.39, 0.29) is 11.6 Å². The summed E-state index contributed by atoms with van der Waals surface area (Å²) in [5.74, 6) is -0.703. The topological polar surface area (TPSA) is 55.1 Å². The van der Waals surface area contributed by atoms with Gasteiger partial charge in [0.2, 0.25) is 5.91 Å². The lowest BCUT2D eigenvalue weighted by atomic mass is 10.2. The number of rotatable bonds is 2. The largest absolute Gasteiger partial charge is 0.395 e. The highest BCUT2D eigenvalue weighted by atomic mass is 19.1. The van der Waals surface area contributed by atoms with E-state index in [2.05, 4.69) is 5.32 Å². The predicted molar refractivity (Wildman–Crippen MR) is 49.7 cm³/mol. The number of nitrogens with one attached hydrogen (secondary N) is 1. The highest BCUT2D eigenvalue weighted by Gasteiger charge is 2.05. The molecule has 0 aliphatic heterocycles. The second-order valence-corrected chi connectivity index (χ2v) is 2.60. The third-order valence-electron chi connectivity index (χ3n) is 1.65. The summed E-state index contributed by atoms with van der Waals surface area (Å²) in [6, 6.07) is 4.31. The normalized spacial score (nSPS) is 9.69. The van der Waals surface area contributed by atoms with Crippen LogP contribution < -0.4 is 11.1 Å². The molecule has 0 fully saturated rings. The van der Waals surface area contributed by atoms with Crippen LogP contribution in [-0.2, 0) is 4.79 Å². The average Bonchev–Trinajstić information content (AvgIpc) is 2.13. The van der Waals surface area contributed by atoms with E-state index in [9.17, 15) is 9.18 Å². The Morgan fingerprint density at radius 2 is 2.31 bits per heavy atom. The molecule has 0 radical (unpaired) electrons. The number of para-hydroxylation sites is 1. The van der Waals surface area contributed by atoms with Crippen molar-refractivity contribution in [3.63, 3.8) is 0 Å². The van der Waals surface area contributed by atoms with E-state index >= 15 is 0 Å². The van der Waals surface area contributed by atoms with Crippen LogP contribution in [0.2, 0.25) is 0 Å². The van der Waals surface area contributed by atoms with Crippen molar-refractivity contribution < 1.29 is 9.18 Å². The molecule has 0 saturated heterocycles. The molecule has 4 heteroatoms. The molecule has 0 spiro atoms. The molecule has 3 N–H and O–H groups in total. The van der Waals surface area contributed by atoms with Crippen LogP contribution in [0.4, 0.5) is 15.8 Å². The molecule has 0 aliphatic rings. The number of carbonyl (C=O) groups excluding carboxylic acids is 1. The first-order chi connectivity index (χ1) is 6.15. The van der Waals surface area contributed by atoms with Gasteiger partial charge in [-0.05, 0) is 12.1 Å². The summed E-state index contributed by atoms with van der Waals surface area (Å²) in [4.78, 5) is 11.0. The van der Waals surface area contributed by atoms with Crippen molar-refractivity contribution in [3.05, 3.63) is 24.0 Å². The van der Waals surface area contributed by atoms with Crippen LogP contribution in [0, 0.1) is 5.82 Å². The Kier molecular flexibility index (Phi) is 2.84. The van der Waals surface area contributed by atoms with E-state index < -0.39 is 5.82 Å². The molecule has 0 atom stereocenters. The fraction of sp³-hybridized carbons (Fsp3) is 0.222. The molecule has 13 heavy (non-hydrogen) atoms. The number of halogens is 1. The van der Waals surface area contributed by atoms with Gasteiger partial charge >= 0.3 is 0 Å². The van der Waals surface area contributed by atoms with Crippen LogP contribution in [0.15, 0.2) is 18.2 Å². The van der Waals surface area contributed by atoms with Crippen LogP contribution in [0.25, 0.3) is 0 Å². The Labute approximate surface area is 75.7 Å². The third-order valence-corrected chi connectivity index (χ3v) is 1.65. The highest BCUT2D eigenvalue weighted by Crippen LogP contribution is 2.20. The van der Waals surface area contributed by atoms with Crippen LogP contribution in [0.1, 0.15) is 13.3 Å². The highest BCUT2D eigenvalue weighted by molar-refractivity contribution is 5.93. The summed E-state index contributed by atoms with van der Waals surface area (Å²) in [7, 11) is 0. The van der Waals surface area contributed by atoms with Crippen molar-refractivity contribution in [2.75, 3.05) is 11.1 Å². The van der Waals surface area contributed by atoms with Crippen molar-refractivity contribution in [2.45, 2.75) is 13.3 Å². The Morgan fingerprint density at radius 1 is 1.62 bits per heavy atom. The minimum Gasteiger partial charge on any atom is -0.395 e. The van der Waals surface area contributed by atoms with Gasteiger partial charge in [0.25, 0.3) is 0 Å².